The summed E-state index contributed by atoms with van der Waals surface area (Å²) in [5, 5.41) is 8.62. The minimum Gasteiger partial charge on any atom is -0.509 e. The molecular weight excluding hydrogens is 124 g/mol. The predicted molar refractivity (Wildman–Crippen MR) is 44.9 cm³/mol. The largest absolute Gasteiger partial charge is 0.509 e. The maximum Gasteiger partial charge on any atom is 0.108 e. The summed E-state index contributed by atoms with van der Waals surface area (Å²) in [4.78, 5) is 0. The van der Waals surface area contributed by atoms with Gasteiger partial charge in [-0.05, 0) is 18.6 Å². The van der Waals surface area contributed by atoms with Gasteiger partial charge in [0.2, 0.25) is 0 Å². The quantitative estimate of drug-likeness (QED) is 0.467. The molecule has 1 N–H and O–H groups in total. The fourth-order valence-electron chi connectivity index (χ4n) is 0.473. The zero-order valence-corrected chi connectivity index (χ0v) is 6.17. The Bertz CT molecular complexity index is 185. The van der Waals surface area contributed by atoms with Crippen LogP contribution in [0.1, 0.15) is 6.92 Å². The Morgan fingerprint density at radius 2 is 1.80 bits per heavy atom. The zero-order valence-electron chi connectivity index (χ0n) is 6.17. The van der Waals surface area contributed by atoms with E-state index >= 15 is 0 Å². The van der Waals surface area contributed by atoms with Crippen LogP contribution in [0.5, 0.6) is 0 Å². The van der Waals surface area contributed by atoms with Crippen molar-refractivity contribution in [2.45, 2.75) is 6.92 Å². The van der Waals surface area contributed by atoms with Gasteiger partial charge in [0.1, 0.15) is 5.76 Å². The molecular formula is C9H12O. The van der Waals surface area contributed by atoms with E-state index in [1.54, 1.807) is 6.08 Å². The van der Waals surface area contributed by atoms with Gasteiger partial charge in [-0.1, -0.05) is 31.4 Å². The summed E-state index contributed by atoms with van der Waals surface area (Å²) in [6.07, 6.45) is 6.93. The SMILES string of the molecule is C=C(O)/C=C\C(=C)/C=C/C. The number of rotatable bonds is 3. The van der Waals surface area contributed by atoms with E-state index in [1.807, 2.05) is 19.1 Å². The summed E-state index contributed by atoms with van der Waals surface area (Å²) in [5.41, 5.74) is 0.845. The zero-order chi connectivity index (χ0) is 7.98. The van der Waals surface area contributed by atoms with Crippen LogP contribution < -0.4 is 0 Å². The van der Waals surface area contributed by atoms with Gasteiger partial charge in [-0.25, -0.2) is 0 Å². The van der Waals surface area contributed by atoms with Gasteiger partial charge in [-0.3, -0.25) is 0 Å². The molecule has 0 aliphatic rings. The van der Waals surface area contributed by atoms with Crippen molar-refractivity contribution >= 4 is 0 Å². The second kappa shape index (κ2) is 4.62. The van der Waals surface area contributed by atoms with Gasteiger partial charge >= 0.3 is 0 Å². The van der Waals surface area contributed by atoms with E-state index < -0.39 is 0 Å². The molecule has 0 amide bonds. The molecule has 0 rings (SSSR count). The molecule has 0 aromatic carbocycles. The molecule has 0 saturated heterocycles. The molecule has 0 saturated carbocycles. The number of aliphatic hydroxyl groups excluding tert-OH is 1. The highest BCUT2D eigenvalue weighted by atomic mass is 16.3. The molecule has 0 aliphatic heterocycles. The minimum absolute atomic E-state index is 0.0469. The highest BCUT2D eigenvalue weighted by molar-refractivity contribution is 5.29. The van der Waals surface area contributed by atoms with Crippen molar-refractivity contribution in [1.29, 1.82) is 0 Å². The standard InChI is InChI=1S/C9H12O/c1-4-5-8(2)6-7-9(3)10/h4-7,10H,2-3H2,1H3/b5-4+,7-6-. The fraction of sp³-hybridized carbons (Fsp3) is 0.111. The lowest BCUT2D eigenvalue weighted by atomic mass is 10.2. The van der Waals surface area contributed by atoms with Gasteiger partial charge in [0.05, 0.1) is 0 Å². The highest BCUT2D eigenvalue weighted by Gasteiger charge is 1.78. The van der Waals surface area contributed by atoms with Crippen molar-refractivity contribution in [1.82, 2.24) is 0 Å². The van der Waals surface area contributed by atoms with Gasteiger partial charge < -0.3 is 5.11 Å². The molecule has 10 heavy (non-hydrogen) atoms. The first-order valence-corrected chi connectivity index (χ1v) is 3.04. The molecule has 0 spiro atoms. The summed E-state index contributed by atoms with van der Waals surface area (Å²) < 4.78 is 0. The highest BCUT2D eigenvalue weighted by Crippen LogP contribution is 1.96. The van der Waals surface area contributed by atoms with Crippen LogP contribution in [0.25, 0.3) is 0 Å². The number of hydrogen-bond donors (Lipinski definition) is 1. The Labute approximate surface area is 61.7 Å². The molecule has 0 atom stereocenters. The lowest BCUT2D eigenvalue weighted by molar-refractivity contribution is 0.435. The van der Waals surface area contributed by atoms with Crippen LogP contribution in [0.15, 0.2) is 48.8 Å². The summed E-state index contributed by atoms with van der Waals surface area (Å²) in [6.45, 7) is 8.89. The number of allylic oxidation sites excluding steroid dienone is 5. The molecule has 0 radical (unpaired) electrons. The minimum atomic E-state index is 0.0469. The lowest BCUT2D eigenvalue weighted by Crippen LogP contribution is -1.69. The van der Waals surface area contributed by atoms with E-state index in [0.29, 0.717) is 0 Å². The van der Waals surface area contributed by atoms with Crippen molar-refractivity contribution in [3.05, 3.63) is 48.8 Å². The Kier molecular flexibility index (Phi) is 4.05. The van der Waals surface area contributed by atoms with E-state index in [0.717, 1.165) is 5.57 Å². The van der Waals surface area contributed by atoms with Crippen LogP contribution >= 0.6 is 0 Å². The van der Waals surface area contributed by atoms with Crippen molar-refractivity contribution in [2.24, 2.45) is 0 Å². The Morgan fingerprint density at radius 1 is 1.20 bits per heavy atom. The van der Waals surface area contributed by atoms with Crippen LogP contribution in [0, 0.1) is 0 Å². The van der Waals surface area contributed by atoms with Gasteiger partial charge in [-0.15, -0.1) is 0 Å². The molecule has 0 unspecified atom stereocenters. The second-order valence-corrected chi connectivity index (χ2v) is 1.90. The smallest absolute Gasteiger partial charge is 0.108 e. The monoisotopic (exact) mass is 136 g/mol. The second-order valence-electron chi connectivity index (χ2n) is 1.90. The molecule has 0 aromatic rings. The molecule has 0 fully saturated rings. The average Bonchev–Trinajstić information content (AvgIpc) is 1.85. The van der Waals surface area contributed by atoms with Crippen LogP contribution in [-0.2, 0) is 0 Å². The van der Waals surface area contributed by atoms with Crippen molar-refractivity contribution in [3.8, 4) is 0 Å². The average molecular weight is 136 g/mol. The van der Waals surface area contributed by atoms with Gasteiger partial charge in [0, 0.05) is 0 Å². The third-order valence-electron chi connectivity index (χ3n) is 0.871. The van der Waals surface area contributed by atoms with Crippen LogP contribution in [-0.4, -0.2) is 5.11 Å². The molecule has 54 valence electrons. The predicted octanol–water partition coefficient (Wildman–Crippen LogP) is 2.75. The Balaban J connectivity index is 3.90. The van der Waals surface area contributed by atoms with E-state index in [9.17, 15) is 0 Å². The van der Waals surface area contributed by atoms with E-state index in [1.165, 1.54) is 6.08 Å². The molecule has 0 aromatic heterocycles. The summed E-state index contributed by atoms with van der Waals surface area (Å²) in [7, 11) is 0. The number of hydrogen-bond acceptors (Lipinski definition) is 1. The van der Waals surface area contributed by atoms with Crippen LogP contribution in [0.2, 0.25) is 0 Å². The lowest BCUT2D eigenvalue weighted by Gasteiger charge is -1.87. The van der Waals surface area contributed by atoms with Crippen LogP contribution in [0.3, 0.4) is 0 Å². The van der Waals surface area contributed by atoms with E-state index in [-0.39, 0.29) is 5.76 Å². The normalized spacial score (nSPS) is 10.9. The summed E-state index contributed by atoms with van der Waals surface area (Å²) >= 11 is 0. The molecule has 1 nitrogen and oxygen atoms in total. The van der Waals surface area contributed by atoms with Crippen molar-refractivity contribution in [2.75, 3.05) is 0 Å². The van der Waals surface area contributed by atoms with Crippen LogP contribution in [0.4, 0.5) is 0 Å². The van der Waals surface area contributed by atoms with Gasteiger partial charge in [-0.2, -0.15) is 0 Å². The molecule has 0 bridgehead atoms. The summed E-state index contributed by atoms with van der Waals surface area (Å²) in [6, 6.07) is 0. The Hall–Kier alpha value is -1.24. The first-order valence-electron chi connectivity index (χ1n) is 3.04. The van der Waals surface area contributed by atoms with Gasteiger partial charge in [0.25, 0.3) is 0 Å². The van der Waals surface area contributed by atoms with Crippen molar-refractivity contribution < 1.29 is 5.11 Å². The fourth-order valence-corrected chi connectivity index (χ4v) is 0.473. The Morgan fingerprint density at radius 3 is 2.20 bits per heavy atom. The van der Waals surface area contributed by atoms with Gasteiger partial charge in [0.15, 0.2) is 0 Å². The molecule has 0 aliphatic carbocycles. The maximum absolute atomic E-state index is 8.62. The molecule has 0 heterocycles. The first-order chi connectivity index (χ1) is 4.66. The van der Waals surface area contributed by atoms with E-state index in [4.69, 9.17) is 5.11 Å². The first kappa shape index (κ1) is 8.76. The molecule has 1 heteroatoms. The van der Waals surface area contributed by atoms with E-state index in [2.05, 4.69) is 13.2 Å². The number of aliphatic hydroxyl groups is 1. The summed E-state index contributed by atoms with van der Waals surface area (Å²) in [5.74, 6) is 0.0469. The van der Waals surface area contributed by atoms with Crippen molar-refractivity contribution in [3.63, 3.8) is 0 Å². The third-order valence-corrected chi connectivity index (χ3v) is 0.871. The topological polar surface area (TPSA) is 20.2 Å². The third kappa shape index (κ3) is 4.91. The maximum atomic E-state index is 8.62.